The van der Waals surface area contributed by atoms with Gasteiger partial charge >= 0.3 is 0 Å². The van der Waals surface area contributed by atoms with Gasteiger partial charge in [-0.2, -0.15) is 0 Å². The first-order valence-electron chi connectivity index (χ1n) is 4.03. The number of hydrogen-bond donors (Lipinski definition) is 1. The SMILES string of the molecule is O=c1ccc(Br)cn1CCCS(=O)O. The number of nitrogens with zero attached hydrogens (tertiary/aromatic N) is 1. The summed E-state index contributed by atoms with van der Waals surface area (Å²) in [6.07, 6.45) is 2.18. The zero-order valence-corrected chi connectivity index (χ0v) is 9.75. The lowest BCUT2D eigenvalue weighted by Gasteiger charge is -2.03. The summed E-state index contributed by atoms with van der Waals surface area (Å²) in [4.78, 5) is 11.3. The normalized spacial score (nSPS) is 12.7. The van der Waals surface area contributed by atoms with Crippen LogP contribution < -0.4 is 5.56 Å². The van der Waals surface area contributed by atoms with Crippen molar-refractivity contribution in [2.45, 2.75) is 13.0 Å². The Bertz CT molecular complexity index is 390. The lowest BCUT2D eigenvalue weighted by atomic mass is 10.4. The third kappa shape index (κ3) is 3.73. The standard InChI is InChI=1S/C8H10BrNO3S/c9-7-2-3-8(11)10(6-7)4-1-5-14(12)13/h2-3,6H,1,4-5H2,(H,12,13). The Hall–Kier alpha value is -0.460. The topological polar surface area (TPSA) is 59.3 Å². The van der Waals surface area contributed by atoms with Gasteiger partial charge in [-0.15, -0.1) is 0 Å². The van der Waals surface area contributed by atoms with Crippen molar-refractivity contribution < 1.29 is 8.76 Å². The molecule has 0 amide bonds. The molecule has 1 N–H and O–H groups in total. The van der Waals surface area contributed by atoms with E-state index < -0.39 is 11.1 Å². The lowest BCUT2D eigenvalue weighted by molar-refractivity contribution is 0.555. The molecule has 1 rings (SSSR count). The van der Waals surface area contributed by atoms with Gasteiger partial charge in [0.1, 0.15) is 0 Å². The molecule has 1 aromatic rings. The number of rotatable bonds is 4. The molecule has 0 aliphatic rings. The second-order valence-corrected chi connectivity index (χ2v) is 4.73. The zero-order chi connectivity index (χ0) is 10.6. The Morgan fingerprint density at radius 2 is 2.21 bits per heavy atom. The number of aryl methyl sites for hydroxylation is 1. The molecule has 78 valence electrons. The second kappa shape index (κ2) is 5.43. The maximum absolute atomic E-state index is 11.3. The molecular formula is C8H10BrNO3S. The first-order valence-corrected chi connectivity index (χ1v) is 6.10. The minimum absolute atomic E-state index is 0.100. The molecule has 1 heterocycles. The monoisotopic (exact) mass is 279 g/mol. The van der Waals surface area contributed by atoms with Crippen molar-refractivity contribution in [1.82, 2.24) is 4.57 Å². The highest BCUT2D eigenvalue weighted by Crippen LogP contribution is 2.05. The molecule has 1 unspecified atom stereocenters. The summed E-state index contributed by atoms with van der Waals surface area (Å²) >= 11 is 1.47. The fourth-order valence-electron chi connectivity index (χ4n) is 1.04. The molecule has 4 nitrogen and oxygen atoms in total. The largest absolute Gasteiger partial charge is 0.314 e. The lowest BCUT2D eigenvalue weighted by Crippen LogP contribution is -2.19. The smallest absolute Gasteiger partial charge is 0.250 e. The highest BCUT2D eigenvalue weighted by molar-refractivity contribution is 9.10. The summed E-state index contributed by atoms with van der Waals surface area (Å²) in [6, 6.07) is 3.13. The molecule has 0 radical (unpaired) electrons. The highest BCUT2D eigenvalue weighted by atomic mass is 79.9. The van der Waals surface area contributed by atoms with Crippen molar-refractivity contribution in [1.29, 1.82) is 0 Å². The molecule has 0 aliphatic heterocycles. The van der Waals surface area contributed by atoms with Crippen LogP contribution in [0.2, 0.25) is 0 Å². The Morgan fingerprint density at radius 1 is 1.50 bits per heavy atom. The van der Waals surface area contributed by atoms with Crippen LogP contribution >= 0.6 is 15.9 Å². The maximum Gasteiger partial charge on any atom is 0.250 e. The van der Waals surface area contributed by atoms with Crippen LogP contribution in [0.4, 0.5) is 0 Å². The predicted molar refractivity (Wildman–Crippen MR) is 58.7 cm³/mol. The molecule has 0 aliphatic carbocycles. The van der Waals surface area contributed by atoms with E-state index in [9.17, 15) is 9.00 Å². The Balaban J connectivity index is 2.62. The van der Waals surface area contributed by atoms with Crippen LogP contribution in [-0.4, -0.2) is 19.1 Å². The van der Waals surface area contributed by atoms with E-state index in [0.717, 1.165) is 4.47 Å². The van der Waals surface area contributed by atoms with Crippen molar-refractivity contribution >= 4 is 27.0 Å². The van der Waals surface area contributed by atoms with Gasteiger partial charge in [-0.25, -0.2) is 4.21 Å². The summed E-state index contributed by atoms with van der Waals surface area (Å²) in [5, 5.41) is 0. The average molecular weight is 280 g/mol. The van der Waals surface area contributed by atoms with Gasteiger partial charge in [0, 0.05) is 23.3 Å². The van der Waals surface area contributed by atoms with Gasteiger partial charge in [0.05, 0.1) is 5.75 Å². The van der Waals surface area contributed by atoms with E-state index in [-0.39, 0.29) is 11.3 Å². The number of pyridine rings is 1. The fourth-order valence-corrected chi connectivity index (χ4v) is 1.79. The Labute approximate surface area is 92.4 Å². The molecule has 1 atom stereocenters. The van der Waals surface area contributed by atoms with Crippen LogP contribution in [0.25, 0.3) is 0 Å². The van der Waals surface area contributed by atoms with Gasteiger partial charge in [-0.1, -0.05) is 0 Å². The van der Waals surface area contributed by atoms with E-state index >= 15 is 0 Å². The summed E-state index contributed by atoms with van der Waals surface area (Å²) in [5.41, 5.74) is -0.100. The van der Waals surface area contributed by atoms with E-state index in [1.807, 2.05) is 0 Å². The van der Waals surface area contributed by atoms with Crippen LogP contribution in [-0.2, 0) is 17.6 Å². The molecule has 14 heavy (non-hydrogen) atoms. The fraction of sp³-hybridized carbons (Fsp3) is 0.375. The summed E-state index contributed by atoms with van der Waals surface area (Å²) < 4.78 is 21.2. The minimum atomic E-state index is -1.78. The molecule has 0 fully saturated rings. The molecule has 0 saturated heterocycles. The third-order valence-electron chi connectivity index (χ3n) is 1.67. The number of hydrogen-bond acceptors (Lipinski definition) is 2. The van der Waals surface area contributed by atoms with E-state index in [2.05, 4.69) is 15.9 Å². The van der Waals surface area contributed by atoms with Crippen molar-refractivity contribution in [3.05, 3.63) is 33.2 Å². The summed E-state index contributed by atoms with van der Waals surface area (Å²) in [7, 11) is 0. The zero-order valence-electron chi connectivity index (χ0n) is 7.35. The van der Waals surface area contributed by atoms with Crippen LogP contribution in [0.3, 0.4) is 0 Å². The van der Waals surface area contributed by atoms with E-state index in [4.69, 9.17) is 4.55 Å². The third-order valence-corrected chi connectivity index (χ3v) is 2.77. The van der Waals surface area contributed by atoms with E-state index in [0.29, 0.717) is 13.0 Å². The van der Waals surface area contributed by atoms with Crippen LogP contribution in [0.5, 0.6) is 0 Å². The van der Waals surface area contributed by atoms with Crippen molar-refractivity contribution in [3.8, 4) is 0 Å². The molecule has 0 spiro atoms. The van der Waals surface area contributed by atoms with Crippen LogP contribution in [0, 0.1) is 0 Å². The Kier molecular flexibility index (Phi) is 4.50. The minimum Gasteiger partial charge on any atom is -0.314 e. The van der Waals surface area contributed by atoms with E-state index in [1.165, 1.54) is 10.6 Å². The quantitative estimate of drug-likeness (QED) is 0.844. The predicted octanol–water partition coefficient (Wildman–Crippen LogP) is 1.22. The van der Waals surface area contributed by atoms with Crippen LogP contribution in [0.1, 0.15) is 6.42 Å². The van der Waals surface area contributed by atoms with Crippen LogP contribution in [0.15, 0.2) is 27.6 Å². The van der Waals surface area contributed by atoms with Crippen molar-refractivity contribution in [2.24, 2.45) is 0 Å². The molecule has 0 saturated carbocycles. The molecule has 0 aromatic carbocycles. The van der Waals surface area contributed by atoms with Crippen molar-refractivity contribution in [2.75, 3.05) is 5.75 Å². The average Bonchev–Trinajstić information content (AvgIpc) is 2.10. The first-order chi connectivity index (χ1) is 6.59. The van der Waals surface area contributed by atoms with Gasteiger partial charge in [-0.3, -0.25) is 4.79 Å². The van der Waals surface area contributed by atoms with E-state index in [1.54, 1.807) is 12.3 Å². The molecule has 6 heteroatoms. The highest BCUT2D eigenvalue weighted by Gasteiger charge is 1.98. The summed E-state index contributed by atoms with van der Waals surface area (Å²) in [5.74, 6) is 0.193. The Morgan fingerprint density at radius 3 is 2.86 bits per heavy atom. The molecule has 1 aromatic heterocycles. The van der Waals surface area contributed by atoms with Crippen molar-refractivity contribution in [3.63, 3.8) is 0 Å². The van der Waals surface area contributed by atoms with Gasteiger partial charge < -0.3 is 9.12 Å². The van der Waals surface area contributed by atoms with Gasteiger partial charge in [0.25, 0.3) is 5.56 Å². The second-order valence-electron chi connectivity index (χ2n) is 2.76. The summed E-state index contributed by atoms with van der Waals surface area (Å²) in [6.45, 7) is 0.463. The first kappa shape index (κ1) is 11.6. The van der Waals surface area contributed by atoms with Gasteiger partial charge in [-0.05, 0) is 28.4 Å². The maximum atomic E-state index is 11.3. The number of aromatic nitrogens is 1. The molecule has 0 bridgehead atoms. The number of halogens is 1. The van der Waals surface area contributed by atoms with Gasteiger partial charge in [0.2, 0.25) is 0 Å². The molecular weight excluding hydrogens is 270 g/mol. The van der Waals surface area contributed by atoms with Gasteiger partial charge in [0.15, 0.2) is 11.1 Å².